The lowest BCUT2D eigenvalue weighted by Crippen LogP contribution is -2.41. The summed E-state index contributed by atoms with van der Waals surface area (Å²) in [6, 6.07) is 4.76. The Kier molecular flexibility index (Phi) is 7.71. The Hall–Kier alpha value is -3.69. The van der Waals surface area contributed by atoms with Crippen molar-refractivity contribution in [2.24, 2.45) is 5.92 Å². The quantitative estimate of drug-likeness (QED) is 0.493. The molecule has 1 aliphatic carbocycles. The Morgan fingerprint density at radius 2 is 1.94 bits per heavy atom. The van der Waals surface area contributed by atoms with Crippen LogP contribution in [0.2, 0.25) is 0 Å². The highest BCUT2D eigenvalue weighted by Crippen LogP contribution is 2.30. The third-order valence-corrected chi connectivity index (χ3v) is 5.98. The van der Waals surface area contributed by atoms with E-state index < -0.39 is 11.4 Å². The van der Waals surface area contributed by atoms with Gasteiger partial charge in [-0.3, -0.25) is 0 Å². The number of carbonyl (C=O) groups excluding carboxylic acids is 1. The van der Waals surface area contributed by atoms with Crippen molar-refractivity contribution in [3.63, 3.8) is 0 Å². The molecule has 0 bridgehead atoms. The van der Waals surface area contributed by atoms with Crippen LogP contribution in [-0.2, 0) is 4.74 Å². The summed E-state index contributed by atoms with van der Waals surface area (Å²) in [4.78, 5) is 20.5. The van der Waals surface area contributed by atoms with E-state index in [1.807, 2.05) is 20.8 Å². The lowest BCUT2D eigenvalue weighted by Gasteiger charge is -2.30. The molecular weight excluding hydrogens is 465 g/mol. The maximum absolute atomic E-state index is 14.1. The number of halogens is 1. The first-order chi connectivity index (χ1) is 17.2. The summed E-state index contributed by atoms with van der Waals surface area (Å²) in [6.45, 7) is 6.09. The van der Waals surface area contributed by atoms with Gasteiger partial charge in [0.15, 0.2) is 17.3 Å². The summed E-state index contributed by atoms with van der Waals surface area (Å²) in [5.41, 5.74) is 1.40. The van der Waals surface area contributed by atoms with Crippen LogP contribution in [0.3, 0.4) is 0 Å². The molecule has 1 saturated carbocycles. The third-order valence-electron chi connectivity index (χ3n) is 5.98. The molecule has 1 amide bonds. The highest BCUT2D eigenvalue weighted by molar-refractivity contribution is 5.68. The van der Waals surface area contributed by atoms with E-state index in [4.69, 9.17) is 14.2 Å². The van der Waals surface area contributed by atoms with Gasteiger partial charge in [0.05, 0.1) is 31.8 Å². The molecule has 0 atom stereocenters. The fourth-order valence-corrected chi connectivity index (χ4v) is 4.18. The number of nitrogens with zero attached hydrogens (tertiary/aromatic N) is 4. The molecule has 1 fully saturated rings. The van der Waals surface area contributed by atoms with Crippen molar-refractivity contribution in [2.75, 3.05) is 13.7 Å². The van der Waals surface area contributed by atoms with E-state index in [0.29, 0.717) is 29.7 Å². The SMILES string of the molecule is COc1ccc(-n2cc(-c3ncncc3OC[C@H]3CC[C@@H](NC(=O)OC(C)(C)C)CC3)cn2)cc1F. The summed E-state index contributed by atoms with van der Waals surface area (Å²) in [5.74, 6) is 0.633. The fraction of sp³-hybridized carbons (Fsp3) is 0.462. The smallest absolute Gasteiger partial charge is 0.407 e. The number of nitrogens with one attached hydrogen (secondary N) is 1. The van der Waals surface area contributed by atoms with E-state index in [2.05, 4.69) is 20.4 Å². The van der Waals surface area contributed by atoms with Crippen molar-refractivity contribution in [3.8, 4) is 28.4 Å². The number of carbonyl (C=O) groups is 1. The number of hydrogen-bond acceptors (Lipinski definition) is 7. The van der Waals surface area contributed by atoms with E-state index in [-0.39, 0.29) is 17.9 Å². The number of alkyl carbamates (subject to hydrolysis) is 1. The zero-order chi connectivity index (χ0) is 25.7. The molecule has 0 radical (unpaired) electrons. The molecule has 4 rings (SSSR count). The van der Waals surface area contributed by atoms with Gasteiger partial charge in [0.25, 0.3) is 0 Å². The number of benzene rings is 1. The normalized spacial score (nSPS) is 17.9. The predicted octanol–water partition coefficient (Wildman–Crippen LogP) is 4.94. The van der Waals surface area contributed by atoms with Gasteiger partial charge in [0, 0.05) is 23.9 Å². The lowest BCUT2D eigenvalue weighted by molar-refractivity contribution is 0.0483. The van der Waals surface area contributed by atoms with Gasteiger partial charge in [0.1, 0.15) is 17.6 Å². The van der Waals surface area contributed by atoms with Crippen LogP contribution in [0.1, 0.15) is 46.5 Å². The van der Waals surface area contributed by atoms with Gasteiger partial charge in [-0.2, -0.15) is 5.10 Å². The molecule has 3 aromatic rings. The molecule has 0 saturated heterocycles. The Morgan fingerprint density at radius 1 is 1.17 bits per heavy atom. The van der Waals surface area contributed by atoms with Gasteiger partial charge < -0.3 is 19.5 Å². The van der Waals surface area contributed by atoms with Gasteiger partial charge in [-0.25, -0.2) is 23.8 Å². The topological polar surface area (TPSA) is 100 Å². The van der Waals surface area contributed by atoms with E-state index in [9.17, 15) is 9.18 Å². The lowest BCUT2D eigenvalue weighted by atomic mass is 9.86. The molecule has 36 heavy (non-hydrogen) atoms. The van der Waals surface area contributed by atoms with E-state index in [1.165, 1.54) is 19.5 Å². The summed E-state index contributed by atoms with van der Waals surface area (Å²) < 4.78 is 32.2. The number of methoxy groups -OCH3 is 1. The average molecular weight is 498 g/mol. The van der Waals surface area contributed by atoms with Crippen LogP contribution in [0.15, 0.2) is 43.1 Å². The second kappa shape index (κ2) is 10.9. The number of ether oxygens (including phenoxy) is 3. The molecule has 1 aliphatic rings. The molecule has 1 aromatic carbocycles. The first kappa shape index (κ1) is 25.4. The van der Waals surface area contributed by atoms with Crippen molar-refractivity contribution in [2.45, 2.75) is 58.1 Å². The van der Waals surface area contributed by atoms with Crippen LogP contribution >= 0.6 is 0 Å². The first-order valence-corrected chi connectivity index (χ1v) is 12.0. The fourth-order valence-electron chi connectivity index (χ4n) is 4.18. The number of rotatable bonds is 7. The Balaban J connectivity index is 1.35. The second-order valence-corrected chi connectivity index (χ2v) is 9.90. The van der Waals surface area contributed by atoms with Crippen LogP contribution in [-0.4, -0.2) is 51.2 Å². The second-order valence-electron chi connectivity index (χ2n) is 9.90. The van der Waals surface area contributed by atoms with Crippen molar-refractivity contribution >= 4 is 6.09 Å². The van der Waals surface area contributed by atoms with Gasteiger partial charge in [0.2, 0.25) is 0 Å². The maximum atomic E-state index is 14.1. The monoisotopic (exact) mass is 497 g/mol. The number of hydrogen-bond donors (Lipinski definition) is 1. The standard InChI is InChI=1S/C26H32FN5O4/c1-26(2,3)36-25(33)31-19-7-5-17(6-8-19)15-35-23-13-28-16-29-24(23)18-12-30-32(14-18)20-9-10-22(34-4)21(27)11-20/h9-14,16-17,19H,5-8,15H2,1-4H3,(H,31,33)/t17-,19+. The summed E-state index contributed by atoms with van der Waals surface area (Å²) >= 11 is 0. The Labute approximate surface area is 210 Å². The minimum absolute atomic E-state index is 0.111. The van der Waals surface area contributed by atoms with Gasteiger partial charge in [-0.05, 0) is 64.5 Å². The molecule has 2 aromatic heterocycles. The number of amides is 1. The Bertz CT molecular complexity index is 1190. The zero-order valence-electron chi connectivity index (χ0n) is 21.0. The summed E-state index contributed by atoms with van der Waals surface area (Å²) in [7, 11) is 1.42. The zero-order valence-corrected chi connectivity index (χ0v) is 21.0. The van der Waals surface area contributed by atoms with Gasteiger partial charge in [-0.15, -0.1) is 0 Å². The van der Waals surface area contributed by atoms with Gasteiger partial charge in [-0.1, -0.05) is 0 Å². The molecule has 0 spiro atoms. The molecule has 9 nitrogen and oxygen atoms in total. The molecule has 0 unspecified atom stereocenters. The van der Waals surface area contributed by atoms with Gasteiger partial charge >= 0.3 is 6.09 Å². The minimum Gasteiger partial charge on any atom is -0.494 e. The third kappa shape index (κ3) is 6.50. The van der Waals surface area contributed by atoms with Crippen molar-refractivity contribution in [1.82, 2.24) is 25.1 Å². The van der Waals surface area contributed by atoms with Crippen molar-refractivity contribution in [3.05, 3.63) is 48.9 Å². The van der Waals surface area contributed by atoms with Crippen LogP contribution in [0, 0.1) is 11.7 Å². The van der Waals surface area contributed by atoms with Crippen LogP contribution in [0.25, 0.3) is 16.9 Å². The van der Waals surface area contributed by atoms with Crippen LogP contribution < -0.4 is 14.8 Å². The summed E-state index contributed by atoms with van der Waals surface area (Å²) in [6.07, 6.45) is 9.77. The minimum atomic E-state index is -0.508. The highest BCUT2D eigenvalue weighted by Gasteiger charge is 2.25. The average Bonchev–Trinajstić information content (AvgIpc) is 3.33. The van der Waals surface area contributed by atoms with Crippen LogP contribution in [0.4, 0.5) is 9.18 Å². The maximum Gasteiger partial charge on any atom is 0.407 e. The Morgan fingerprint density at radius 3 is 2.64 bits per heavy atom. The molecular formula is C26H32FN5O4. The predicted molar refractivity (Wildman–Crippen MR) is 132 cm³/mol. The highest BCUT2D eigenvalue weighted by atomic mass is 19.1. The summed E-state index contributed by atoms with van der Waals surface area (Å²) in [5, 5.41) is 7.32. The molecule has 192 valence electrons. The van der Waals surface area contributed by atoms with Crippen molar-refractivity contribution in [1.29, 1.82) is 0 Å². The largest absolute Gasteiger partial charge is 0.494 e. The number of aromatic nitrogens is 4. The molecule has 2 heterocycles. The van der Waals surface area contributed by atoms with E-state index in [0.717, 1.165) is 31.2 Å². The van der Waals surface area contributed by atoms with E-state index in [1.54, 1.807) is 35.4 Å². The van der Waals surface area contributed by atoms with Crippen molar-refractivity contribution < 1.29 is 23.4 Å². The molecule has 1 N–H and O–H groups in total. The molecule has 0 aliphatic heterocycles. The molecule has 10 heteroatoms. The van der Waals surface area contributed by atoms with Crippen LogP contribution in [0.5, 0.6) is 11.5 Å². The van der Waals surface area contributed by atoms with E-state index >= 15 is 0 Å². The first-order valence-electron chi connectivity index (χ1n) is 12.0.